The van der Waals surface area contributed by atoms with Crippen LogP contribution in [0.1, 0.15) is 22.3 Å². The lowest BCUT2D eigenvalue weighted by Gasteiger charge is -2.34. The summed E-state index contributed by atoms with van der Waals surface area (Å²) in [7, 11) is 0. The predicted molar refractivity (Wildman–Crippen MR) is 257 cm³/mol. The molecule has 0 bridgehead atoms. The molecule has 3 nitrogen and oxygen atoms in total. The molecular formula is C59H37N3. The molecule has 0 amide bonds. The van der Waals surface area contributed by atoms with E-state index in [0.29, 0.717) is 5.82 Å². The molecule has 0 fully saturated rings. The van der Waals surface area contributed by atoms with Gasteiger partial charge in [0.2, 0.25) is 0 Å². The van der Waals surface area contributed by atoms with Gasteiger partial charge in [0, 0.05) is 33.0 Å². The van der Waals surface area contributed by atoms with Gasteiger partial charge in [0.25, 0.3) is 0 Å². The molecule has 0 saturated carbocycles. The highest BCUT2D eigenvalue weighted by molar-refractivity contribution is 6.23. The van der Waals surface area contributed by atoms with Crippen molar-refractivity contribution < 1.29 is 0 Å². The normalized spacial score (nSPS) is 13.0. The van der Waals surface area contributed by atoms with E-state index in [-0.39, 0.29) is 0 Å². The Morgan fingerprint density at radius 2 is 1.00 bits per heavy atom. The van der Waals surface area contributed by atoms with Crippen LogP contribution in [-0.4, -0.2) is 14.5 Å². The molecule has 2 aromatic heterocycles. The molecular weight excluding hydrogens is 751 g/mol. The fraction of sp³-hybridized carbons (Fsp3) is 0.0169. The monoisotopic (exact) mass is 787 g/mol. The molecule has 10 aromatic carbocycles. The largest absolute Gasteiger partial charge is 0.309 e. The first-order chi connectivity index (χ1) is 30.8. The van der Waals surface area contributed by atoms with Crippen LogP contribution in [0.5, 0.6) is 0 Å². The topological polar surface area (TPSA) is 30.7 Å². The lowest BCUT2D eigenvalue weighted by molar-refractivity contribution is 0.769. The van der Waals surface area contributed by atoms with Crippen LogP contribution in [0.15, 0.2) is 224 Å². The van der Waals surface area contributed by atoms with E-state index < -0.39 is 5.41 Å². The third-order valence-electron chi connectivity index (χ3n) is 13.2. The zero-order valence-electron chi connectivity index (χ0n) is 33.7. The van der Waals surface area contributed by atoms with E-state index in [0.717, 1.165) is 44.4 Å². The fourth-order valence-electron chi connectivity index (χ4n) is 10.6. The molecule has 1 aliphatic rings. The number of nitrogens with zero attached hydrogens (tertiary/aromatic N) is 3. The van der Waals surface area contributed by atoms with Crippen LogP contribution in [-0.2, 0) is 5.41 Å². The van der Waals surface area contributed by atoms with Crippen molar-refractivity contribution >= 4 is 54.3 Å². The van der Waals surface area contributed by atoms with Crippen molar-refractivity contribution in [1.82, 2.24) is 14.5 Å². The minimum absolute atomic E-state index is 0.566. The van der Waals surface area contributed by atoms with E-state index in [9.17, 15) is 0 Å². The lowest BCUT2D eigenvalue weighted by Crippen LogP contribution is -2.28. The first kappa shape index (κ1) is 34.7. The fourth-order valence-corrected chi connectivity index (χ4v) is 10.6. The summed E-state index contributed by atoms with van der Waals surface area (Å²) in [5, 5.41) is 8.49. The highest BCUT2D eigenvalue weighted by Gasteiger charge is 2.47. The maximum atomic E-state index is 5.29. The van der Waals surface area contributed by atoms with Gasteiger partial charge in [0.05, 0.1) is 27.7 Å². The van der Waals surface area contributed by atoms with Crippen LogP contribution < -0.4 is 0 Å². The van der Waals surface area contributed by atoms with Crippen molar-refractivity contribution in [1.29, 1.82) is 0 Å². The maximum absolute atomic E-state index is 5.29. The highest BCUT2D eigenvalue weighted by Crippen LogP contribution is 2.59. The third kappa shape index (κ3) is 4.94. The molecule has 13 rings (SSSR count). The molecule has 12 aromatic rings. The Kier molecular flexibility index (Phi) is 7.52. The summed E-state index contributed by atoms with van der Waals surface area (Å²) in [4.78, 5) is 10.5. The van der Waals surface area contributed by atoms with Crippen LogP contribution in [0.2, 0.25) is 0 Å². The highest BCUT2D eigenvalue weighted by atomic mass is 15.0. The van der Waals surface area contributed by atoms with Crippen molar-refractivity contribution in [2.45, 2.75) is 5.41 Å². The summed E-state index contributed by atoms with van der Waals surface area (Å²) in [6.07, 6.45) is 0. The second-order valence-corrected chi connectivity index (χ2v) is 16.5. The van der Waals surface area contributed by atoms with E-state index in [1.165, 1.54) is 65.7 Å². The van der Waals surface area contributed by atoms with Gasteiger partial charge in [-0.25, -0.2) is 9.97 Å². The Morgan fingerprint density at radius 1 is 0.387 bits per heavy atom. The number of hydrogen-bond acceptors (Lipinski definition) is 2. The average Bonchev–Trinajstić information content (AvgIpc) is 3.84. The Bertz CT molecular complexity index is 3700. The molecule has 0 spiro atoms. The van der Waals surface area contributed by atoms with Gasteiger partial charge in [-0.1, -0.05) is 188 Å². The summed E-state index contributed by atoms with van der Waals surface area (Å²) >= 11 is 0. The van der Waals surface area contributed by atoms with Gasteiger partial charge in [-0.15, -0.1) is 0 Å². The second-order valence-electron chi connectivity index (χ2n) is 16.5. The Morgan fingerprint density at radius 3 is 1.76 bits per heavy atom. The Labute approximate surface area is 358 Å². The molecule has 2 heterocycles. The first-order valence-corrected chi connectivity index (χ1v) is 21.3. The average molecular weight is 788 g/mol. The second kappa shape index (κ2) is 13.4. The van der Waals surface area contributed by atoms with E-state index >= 15 is 0 Å². The van der Waals surface area contributed by atoms with Gasteiger partial charge in [-0.05, 0) is 91.3 Å². The molecule has 0 atom stereocenters. The number of aromatic nitrogens is 3. The summed E-state index contributed by atoms with van der Waals surface area (Å²) in [6.45, 7) is 0. The molecule has 288 valence electrons. The quantitative estimate of drug-likeness (QED) is 0.174. The van der Waals surface area contributed by atoms with Crippen molar-refractivity contribution in [2.75, 3.05) is 0 Å². The van der Waals surface area contributed by atoms with Crippen LogP contribution in [0.3, 0.4) is 0 Å². The van der Waals surface area contributed by atoms with E-state index in [2.05, 4.69) is 223 Å². The van der Waals surface area contributed by atoms with Gasteiger partial charge < -0.3 is 4.57 Å². The van der Waals surface area contributed by atoms with Crippen LogP contribution in [0.25, 0.3) is 93.7 Å². The van der Waals surface area contributed by atoms with Gasteiger partial charge >= 0.3 is 0 Å². The van der Waals surface area contributed by atoms with E-state index in [1.54, 1.807) is 0 Å². The first-order valence-electron chi connectivity index (χ1n) is 21.3. The summed E-state index contributed by atoms with van der Waals surface area (Å²) in [5.41, 5.74) is 14.4. The molecule has 0 unspecified atom stereocenters. The van der Waals surface area contributed by atoms with Gasteiger partial charge in [0.1, 0.15) is 0 Å². The van der Waals surface area contributed by atoms with Gasteiger partial charge in [0.15, 0.2) is 5.82 Å². The number of para-hydroxylation sites is 1. The van der Waals surface area contributed by atoms with Gasteiger partial charge in [-0.2, -0.15) is 0 Å². The number of benzene rings is 10. The minimum Gasteiger partial charge on any atom is -0.309 e. The summed E-state index contributed by atoms with van der Waals surface area (Å²) in [5.74, 6) is 0.700. The van der Waals surface area contributed by atoms with Crippen molar-refractivity contribution in [3.63, 3.8) is 0 Å². The molecule has 62 heavy (non-hydrogen) atoms. The molecule has 3 heteroatoms. The molecule has 0 saturated heterocycles. The number of hydrogen-bond donors (Lipinski definition) is 0. The predicted octanol–water partition coefficient (Wildman–Crippen LogP) is 14.7. The van der Waals surface area contributed by atoms with Crippen LogP contribution in [0.4, 0.5) is 0 Å². The Balaban J connectivity index is 1.15. The van der Waals surface area contributed by atoms with Crippen molar-refractivity contribution in [3.8, 4) is 39.5 Å². The third-order valence-corrected chi connectivity index (χ3v) is 13.2. The van der Waals surface area contributed by atoms with E-state index in [1.807, 2.05) is 6.07 Å². The summed E-state index contributed by atoms with van der Waals surface area (Å²) in [6, 6.07) is 81.8. The zero-order valence-corrected chi connectivity index (χ0v) is 33.7. The zero-order chi connectivity index (χ0) is 40.8. The van der Waals surface area contributed by atoms with Crippen LogP contribution >= 0.6 is 0 Å². The maximum Gasteiger partial charge on any atom is 0.160 e. The van der Waals surface area contributed by atoms with Crippen molar-refractivity contribution in [2.24, 2.45) is 0 Å². The molecule has 1 aliphatic carbocycles. The minimum atomic E-state index is -0.566. The molecule has 0 N–H and O–H groups in total. The Hall–Kier alpha value is -8.14. The van der Waals surface area contributed by atoms with Crippen LogP contribution in [0, 0.1) is 0 Å². The van der Waals surface area contributed by atoms with E-state index in [4.69, 9.17) is 9.97 Å². The number of fused-ring (bicyclic) bond motifs is 11. The number of rotatable bonds is 5. The SMILES string of the molecule is c1ccc(-c2nc(-c3cccc(-n4c5cc6c(cc5c5c7ccccc7ccc54)-c4c(ccc5ccccc45)C6(c4ccccc4)c4ccccc4)c3)nc3ccccc23)cc1. The molecule has 0 aliphatic heterocycles. The molecule has 0 radical (unpaired) electrons. The smallest absolute Gasteiger partial charge is 0.160 e. The van der Waals surface area contributed by atoms with Gasteiger partial charge in [-0.3, -0.25) is 0 Å². The summed E-state index contributed by atoms with van der Waals surface area (Å²) < 4.78 is 2.47. The van der Waals surface area contributed by atoms with Crippen molar-refractivity contribution in [3.05, 3.63) is 247 Å². The standard InChI is InChI=1S/C59H37N3/c1-4-19-40(20-5-1)57-47-29-14-15-30-52(47)60-58(61-57)41-21-16-26-44(35-41)62-53-34-32-39-18-11-13-28-46(39)56(53)49-36-48-51(37-54(49)62)59(42-22-6-2-7-23-42,43-24-8-3-9-25-43)50-33-31-38-17-10-12-27-45(38)55(48)50/h1-37H. The lowest BCUT2D eigenvalue weighted by atomic mass is 9.67.